The second kappa shape index (κ2) is 4.19. The third-order valence-electron chi connectivity index (χ3n) is 3.97. The molecule has 3 atom stereocenters. The van der Waals surface area contributed by atoms with Crippen molar-refractivity contribution in [2.24, 2.45) is 11.8 Å². The maximum absolute atomic E-state index is 3.82. The lowest BCUT2D eigenvalue weighted by molar-refractivity contribution is 0.120. The van der Waals surface area contributed by atoms with Crippen molar-refractivity contribution < 1.29 is 0 Å². The lowest BCUT2D eigenvalue weighted by Crippen LogP contribution is -2.60. The first kappa shape index (κ1) is 10.4. The Balaban J connectivity index is 1.77. The van der Waals surface area contributed by atoms with Gasteiger partial charge in [0.2, 0.25) is 0 Å². The van der Waals surface area contributed by atoms with Gasteiger partial charge in [0.25, 0.3) is 0 Å². The van der Waals surface area contributed by atoms with E-state index in [-0.39, 0.29) is 0 Å². The lowest BCUT2D eigenvalue weighted by Gasteiger charge is -2.42. The molecule has 3 unspecified atom stereocenters. The summed E-state index contributed by atoms with van der Waals surface area (Å²) < 4.78 is 0. The lowest BCUT2D eigenvalue weighted by atomic mass is 9.79. The molecule has 2 fully saturated rings. The van der Waals surface area contributed by atoms with Gasteiger partial charge in [0.15, 0.2) is 0 Å². The van der Waals surface area contributed by atoms with Crippen molar-refractivity contribution in [3.63, 3.8) is 0 Å². The van der Waals surface area contributed by atoms with E-state index in [0.29, 0.717) is 0 Å². The van der Waals surface area contributed by atoms with Crippen molar-refractivity contribution in [1.29, 1.82) is 0 Å². The number of rotatable bonds is 2. The second-order valence-corrected chi connectivity index (χ2v) is 5.59. The summed E-state index contributed by atoms with van der Waals surface area (Å²) in [7, 11) is 2.20. The Morgan fingerprint density at radius 1 is 1.14 bits per heavy atom. The van der Waals surface area contributed by atoms with Gasteiger partial charge in [0, 0.05) is 25.2 Å². The van der Waals surface area contributed by atoms with Crippen LogP contribution >= 0.6 is 0 Å². The SMILES string of the molecule is CC1CCC(C)C(NC2CN(C)C2)C1. The van der Waals surface area contributed by atoms with Crippen molar-refractivity contribution in [2.45, 2.75) is 45.2 Å². The van der Waals surface area contributed by atoms with Crippen LogP contribution in [0.5, 0.6) is 0 Å². The Bertz CT molecular complexity index is 187. The van der Waals surface area contributed by atoms with Crippen LogP contribution in [0.2, 0.25) is 0 Å². The van der Waals surface area contributed by atoms with Crippen LogP contribution in [-0.4, -0.2) is 37.1 Å². The molecular weight excluding hydrogens is 172 g/mol. The predicted molar refractivity (Wildman–Crippen MR) is 60.4 cm³/mol. The highest BCUT2D eigenvalue weighted by molar-refractivity contribution is 4.90. The molecule has 0 amide bonds. The van der Waals surface area contributed by atoms with Crippen molar-refractivity contribution in [3.05, 3.63) is 0 Å². The van der Waals surface area contributed by atoms with Crippen LogP contribution in [0.4, 0.5) is 0 Å². The van der Waals surface area contributed by atoms with E-state index in [1.165, 1.54) is 32.4 Å². The van der Waals surface area contributed by atoms with Crippen molar-refractivity contribution in [3.8, 4) is 0 Å². The molecule has 0 aromatic carbocycles. The molecule has 2 nitrogen and oxygen atoms in total. The van der Waals surface area contributed by atoms with Crippen LogP contribution < -0.4 is 5.32 Å². The highest BCUT2D eigenvalue weighted by Gasteiger charge is 2.30. The Morgan fingerprint density at radius 3 is 2.50 bits per heavy atom. The highest BCUT2D eigenvalue weighted by Crippen LogP contribution is 2.29. The van der Waals surface area contributed by atoms with Gasteiger partial charge in [-0.25, -0.2) is 0 Å². The van der Waals surface area contributed by atoms with Crippen LogP contribution in [0.15, 0.2) is 0 Å². The molecule has 0 spiro atoms. The normalized spacial score (nSPS) is 40.9. The molecule has 1 saturated heterocycles. The number of nitrogens with zero attached hydrogens (tertiary/aromatic N) is 1. The molecule has 14 heavy (non-hydrogen) atoms. The van der Waals surface area contributed by atoms with Crippen molar-refractivity contribution >= 4 is 0 Å². The summed E-state index contributed by atoms with van der Waals surface area (Å²) in [5.74, 6) is 1.82. The standard InChI is InChI=1S/C12H24N2/c1-9-4-5-10(2)12(6-9)13-11-7-14(3)8-11/h9-13H,4-8H2,1-3H3. The van der Waals surface area contributed by atoms with Gasteiger partial charge in [0.05, 0.1) is 0 Å². The van der Waals surface area contributed by atoms with Gasteiger partial charge in [-0.05, 0) is 31.7 Å². The average molecular weight is 196 g/mol. The molecular formula is C12H24N2. The Hall–Kier alpha value is -0.0800. The molecule has 82 valence electrons. The highest BCUT2D eigenvalue weighted by atomic mass is 15.2. The number of likely N-dealkylation sites (tertiary alicyclic amines) is 1. The molecule has 2 heteroatoms. The molecule has 1 aliphatic carbocycles. The summed E-state index contributed by atoms with van der Waals surface area (Å²) in [5, 5.41) is 3.82. The van der Waals surface area contributed by atoms with Crippen molar-refractivity contribution in [2.75, 3.05) is 20.1 Å². The maximum Gasteiger partial charge on any atom is 0.0324 e. The Kier molecular flexibility index (Phi) is 3.13. The third-order valence-corrected chi connectivity index (χ3v) is 3.97. The quantitative estimate of drug-likeness (QED) is 0.723. The largest absolute Gasteiger partial charge is 0.308 e. The summed E-state index contributed by atoms with van der Waals surface area (Å²) in [6.07, 6.45) is 4.24. The fraction of sp³-hybridized carbons (Fsp3) is 1.00. The molecule has 0 aromatic rings. The monoisotopic (exact) mass is 196 g/mol. The third kappa shape index (κ3) is 2.29. The summed E-state index contributed by atoms with van der Waals surface area (Å²) in [6, 6.07) is 1.56. The summed E-state index contributed by atoms with van der Waals surface area (Å²) in [4.78, 5) is 2.38. The fourth-order valence-corrected chi connectivity index (χ4v) is 2.87. The number of hydrogen-bond acceptors (Lipinski definition) is 2. The van der Waals surface area contributed by atoms with Gasteiger partial charge in [-0.3, -0.25) is 0 Å². The smallest absolute Gasteiger partial charge is 0.0324 e. The first-order chi connectivity index (χ1) is 6.65. The summed E-state index contributed by atoms with van der Waals surface area (Å²) in [6.45, 7) is 7.30. The van der Waals surface area contributed by atoms with Gasteiger partial charge in [0.1, 0.15) is 0 Å². The van der Waals surface area contributed by atoms with Gasteiger partial charge in [-0.15, -0.1) is 0 Å². The van der Waals surface area contributed by atoms with Gasteiger partial charge >= 0.3 is 0 Å². The van der Waals surface area contributed by atoms with E-state index >= 15 is 0 Å². The Labute approximate surface area is 88.1 Å². The molecule has 2 aliphatic rings. The molecule has 0 bridgehead atoms. The van der Waals surface area contributed by atoms with E-state index < -0.39 is 0 Å². The Morgan fingerprint density at radius 2 is 1.86 bits per heavy atom. The number of likely N-dealkylation sites (N-methyl/N-ethyl adjacent to an activating group) is 1. The van der Waals surface area contributed by atoms with Crippen LogP contribution in [0.3, 0.4) is 0 Å². The molecule has 2 rings (SSSR count). The average Bonchev–Trinajstić information content (AvgIpc) is 2.09. The predicted octanol–water partition coefficient (Wildman–Crippen LogP) is 1.71. The van der Waals surface area contributed by atoms with Gasteiger partial charge in [-0.1, -0.05) is 20.3 Å². The molecule has 0 aromatic heterocycles. The minimum absolute atomic E-state index is 0.776. The first-order valence-electron chi connectivity index (χ1n) is 6.09. The molecule has 1 aliphatic heterocycles. The zero-order chi connectivity index (χ0) is 10.1. The fourth-order valence-electron chi connectivity index (χ4n) is 2.87. The molecule has 1 N–H and O–H groups in total. The number of nitrogens with one attached hydrogen (secondary N) is 1. The van der Waals surface area contributed by atoms with E-state index in [1.807, 2.05) is 0 Å². The van der Waals surface area contributed by atoms with E-state index in [2.05, 4.69) is 31.1 Å². The van der Waals surface area contributed by atoms with Crippen molar-refractivity contribution in [1.82, 2.24) is 10.2 Å². The van der Waals surface area contributed by atoms with Crippen LogP contribution in [0.1, 0.15) is 33.1 Å². The molecule has 1 saturated carbocycles. The van der Waals surface area contributed by atoms with Crippen LogP contribution in [-0.2, 0) is 0 Å². The van der Waals surface area contributed by atoms with E-state index in [1.54, 1.807) is 0 Å². The van der Waals surface area contributed by atoms with E-state index in [0.717, 1.165) is 23.9 Å². The van der Waals surface area contributed by atoms with E-state index in [9.17, 15) is 0 Å². The summed E-state index contributed by atoms with van der Waals surface area (Å²) in [5.41, 5.74) is 0. The minimum Gasteiger partial charge on any atom is -0.308 e. The molecule has 1 heterocycles. The number of hydrogen-bond donors (Lipinski definition) is 1. The first-order valence-corrected chi connectivity index (χ1v) is 6.09. The summed E-state index contributed by atoms with van der Waals surface area (Å²) >= 11 is 0. The van der Waals surface area contributed by atoms with Crippen LogP contribution in [0.25, 0.3) is 0 Å². The second-order valence-electron chi connectivity index (χ2n) is 5.59. The zero-order valence-corrected chi connectivity index (χ0v) is 9.79. The van der Waals surface area contributed by atoms with E-state index in [4.69, 9.17) is 0 Å². The zero-order valence-electron chi connectivity index (χ0n) is 9.79. The maximum atomic E-state index is 3.82. The van der Waals surface area contributed by atoms with Gasteiger partial charge < -0.3 is 10.2 Å². The topological polar surface area (TPSA) is 15.3 Å². The molecule has 0 radical (unpaired) electrons. The minimum atomic E-state index is 0.776. The van der Waals surface area contributed by atoms with Gasteiger partial charge in [-0.2, -0.15) is 0 Å². The van der Waals surface area contributed by atoms with Crippen LogP contribution in [0, 0.1) is 11.8 Å².